The van der Waals surface area contributed by atoms with Crippen molar-refractivity contribution in [2.45, 2.75) is 11.5 Å². The predicted molar refractivity (Wildman–Crippen MR) is 44.0 cm³/mol. The van der Waals surface area contributed by atoms with E-state index in [2.05, 4.69) is 0 Å². The Morgan fingerprint density at radius 2 is 1.50 bits per heavy atom. The molecule has 11 heteroatoms. The van der Waals surface area contributed by atoms with Gasteiger partial charge in [-0.1, -0.05) is 0 Å². The van der Waals surface area contributed by atoms with Crippen LogP contribution < -0.4 is 15.5 Å². The second-order valence-electron chi connectivity index (χ2n) is 2.35. The van der Waals surface area contributed by atoms with Gasteiger partial charge in [-0.3, -0.25) is 0 Å². The molecule has 0 aliphatic carbocycles. The van der Waals surface area contributed by atoms with Gasteiger partial charge in [-0.05, 0) is 6.54 Å². The van der Waals surface area contributed by atoms with Crippen LogP contribution in [0.15, 0.2) is 0 Å². The summed E-state index contributed by atoms with van der Waals surface area (Å²) in [7, 11) is -11.3. The molecule has 0 spiro atoms. The monoisotopic (exact) mass is 321 g/mol. The Hall–Kier alpha value is 1.70. The van der Waals surface area contributed by atoms with E-state index in [9.17, 15) is 18.9 Å². The maximum atomic E-state index is 10.4. The molecule has 0 bridgehead atoms. The van der Waals surface area contributed by atoms with Gasteiger partial charge < -0.3 is 39.5 Å². The minimum Gasteiger partial charge on any atom is -0.776 e. The molecule has 0 rings (SSSR count). The van der Waals surface area contributed by atoms with Crippen LogP contribution in [0.25, 0.3) is 0 Å². The second-order valence-corrected chi connectivity index (χ2v) is 6.27. The molecule has 0 aromatic heterocycles. The molecule has 14 heavy (non-hydrogen) atoms. The summed E-state index contributed by atoms with van der Waals surface area (Å²) in [5.41, 5.74) is 4.81. The van der Waals surface area contributed by atoms with Crippen molar-refractivity contribution in [3.05, 3.63) is 0 Å². The SMILES string of the molecule is NCCC(O)(P(=O)([O-])O)P(=O)([O-])O.[Sr+2]. The van der Waals surface area contributed by atoms with E-state index in [4.69, 9.17) is 20.6 Å². The average Bonchev–Trinajstić information content (AvgIpc) is 1.82. The second kappa shape index (κ2) is 5.86. The van der Waals surface area contributed by atoms with Crippen molar-refractivity contribution in [3.63, 3.8) is 0 Å². The largest absolute Gasteiger partial charge is 2.00 e. The molecule has 0 aliphatic heterocycles. The van der Waals surface area contributed by atoms with Crippen LogP contribution in [0.3, 0.4) is 0 Å². The third-order valence-electron chi connectivity index (χ3n) is 1.38. The number of nitrogens with two attached hydrogens (primary N) is 1. The van der Waals surface area contributed by atoms with Crippen molar-refractivity contribution < 1.29 is 33.8 Å². The molecule has 0 radical (unpaired) electrons. The van der Waals surface area contributed by atoms with Crippen LogP contribution in [-0.2, 0) is 9.13 Å². The molecule has 0 aromatic rings. The first-order chi connectivity index (χ1) is 5.56. The fourth-order valence-electron chi connectivity index (χ4n) is 0.636. The molecule has 5 N–H and O–H groups in total. The van der Waals surface area contributed by atoms with E-state index < -0.39 is 33.2 Å². The maximum Gasteiger partial charge on any atom is 2.00 e. The molecule has 0 aliphatic rings. The van der Waals surface area contributed by atoms with Crippen molar-refractivity contribution in [2.24, 2.45) is 5.73 Å². The zero-order valence-corrected chi connectivity index (χ0v) is 12.3. The molecule has 2 atom stereocenters. The topological polar surface area (TPSA) is 167 Å². The van der Waals surface area contributed by atoms with Gasteiger partial charge in [-0.15, -0.1) is 0 Å². The maximum absolute atomic E-state index is 10.4. The van der Waals surface area contributed by atoms with Gasteiger partial charge >= 0.3 is 45.5 Å². The van der Waals surface area contributed by atoms with Gasteiger partial charge in [-0.2, -0.15) is 0 Å². The number of hydrogen-bond donors (Lipinski definition) is 4. The quantitative estimate of drug-likeness (QED) is 0.308. The van der Waals surface area contributed by atoms with Crippen molar-refractivity contribution in [1.29, 1.82) is 0 Å². The summed E-state index contributed by atoms with van der Waals surface area (Å²) in [5.74, 6) is 0. The summed E-state index contributed by atoms with van der Waals surface area (Å²) in [6.07, 6.45) is -0.998. The molecule has 2 unspecified atom stereocenters. The summed E-state index contributed by atoms with van der Waals surface area (Å²) in [6.45, 7) is -0.532. The fourth-order valence-corrected chi connectivity index (χ4v) is 2.74. The molecule has 0 fully saturated rings. The Kier molecular flexibility index (Phi) is 7.57. The van der Waals surface area contributed by atoms with Gasteiger partial charge in [0.2, 0.25) is 0 Å². The van der Waals surface area contributed by atoms with Crippen molar-refractivity contribution in [3.8, 4) is 0 Å². The van der Waals surface area contributed by atoms with E-state index in [1.165, 1.54) is 0 Å². The summed E-state index contributed by atoms with van der Waals surface area (Å²) in [5, 5.41) is 5.36. The van der Waals surface area contributed by atoms with E-state index in [0.717, 1.165) is 0 Å². The molecule has 0 aromatic carbocycles. The van der Waals surface area contributed by atoms with Gasteiger partial charge in [0.15, 0.2) is 20.3 Å². The normalized spacial score (nSPS) is 23.9. The molecule has 0 amide bonds. The number of aliphatic hydroxyl groups is 1. The van der Waals surface area contributed by atoms with E-state index in [1.54, 1.807) is 0 Å². The van der Waals surface area contributed by atoms with Crippen LogP contribution in [0.2, 0.25) is 0 Å². The molecule has 80 valence electrons. The Bertz CT molecular complexity index is 248. The third-order valence-corrected chi connectivity index (χ3v) is 5.16. The Morgan fingerprint density at radius 1 is 1.21 bits per heavy atom. The van der Waals surface area contributed by atoms with Gasteiger partial charge in [0.05, 0.1) is 0 Å². The molecule has 0 saturated heterocycles. The molecular weight excluding hydrogens is 312 g/mol. The molecule has 0 heterocycles. The minimum atomic E-state index is -5.63. The standard InChI is InChI=1S/C3H11NO7P2.Sr/c4-2-1-3(5,12(6,7)8)13(9,10)11;/h5H,1-2,4H2,(H2,6,7,8)(H2,9,10,11);/q;+2/p-2. The minimum absolute atomic E-state index is 0. The van der Waals surface area contributed by atoms with Crippen LogP contribution in [0.5, 0.6) is 0 Å². The van der Waals surface area contributed by atoms with E-state index in [0.29, 0.717) is 0 Å². The van der Waals surface area contributed by atoms with E-state index in [1.807, 2.05) is 0 Å². The van der Waals surface area contributed by atoms with E-state index in [-0.39, 0.29) is 45.5 Å². The van der Waals surface area contributed by atoms with Gasteiger partial charge in [0, 0.05) is 6.42 Å². The molecular formula is C3H9NO7P2Sr. The van der Waals surface area contributed by atoms with Crippen molar-refractivity contribution in [2.75, 3.05) is 6.54 Å². The van der Waals surface area contributed by atoms with E-state index >= 15 is 0 Å². The average molecular weight is 321 g/mol. The smallest absolute Gasteiger partial charge is 0.776 e. The first-order valence-corrected chi connectivity index (χ1v) is 6.22. The summed E-state index contributed by atoms with van der Waals surface area (Å²) >= 11 is 0. The number of hydrogen-bond acceptors (Lipinski definition) is 6. The van der Waals surface area contributed by atoms with Crippen LogP contribution in [0.1, 0.15) is 6.42 Å². The predicted octanol–water partition coefficient (Wildman–Crippen LogP) is -3.31. The van der Waals surface area contributed by atoms with Gasteiger partial charge in [0.1, 0.15) is 0 Å². The summed E-state index contributed by atoms with van der Waals surface area (Å²) in [6, 6.07) is 0. The summed E-state index contributed by atoms with van der Waals surface area (Å²) in [4.78, 5) is 37.6. The third kappa shape index (κ3) is 3.93. The first-order valence-electron chi connectivity index (χ1n) is 3.06. The number of rotatable bonds is 4. The Labute approximate surface area is 117 Å². The summed E-state index contributed by atoms with van der Waals surface area (Å²) < 4.78 is 20.9. The van der Waals surface area contributed by atoms with Crippen molar-refractivity contribution in [1.82, 2.24) is 0 Å². The Morgan fingerprint density at radius 3 is 1.57 bits per heavy atom. The molecule has 8 nitrogen and oxygen atoms in total. The first kappa shape index (κ1) is 18.1. The Balaban J connectivity index is 0. The van der Waals surface area contributed by atoms with Crippen LogP contribution in [-0.4, -0.2) is 72.0 Å². The van der Waals surface area contributed by atoms with Crippen molar-refractivity contribution >= 4 is 60.7 Å². The molecule has 0 saturated carbocycles. The zero-order chi connectivity index (χ0) is 10.9. The van der Waals surface area contributed by atoms with Gasteiger partial charge in [-0.25, -0.2) is 0 Å². The zero-order valence-electron chi connectivity index (χ0n) is 7.07. The van der Waals surface area contributed by atoms with Crippen LogP contribution in [0.4, 0.5) is 0 Å². The van der Waals surface area contributed by atoms with Crippen LogP contribution >= 0.6 is 15.2 Å². The fraction of sp³-hybridized carbons (Fsp3) is 1.00. The van der Waals surface area contributed by atoms with Gasteiger partial charge in [0.25, 0.3) is 0 Å². The van der Waals surface area contributed by atoms with Crippen LogP contribution in [0, 0.1) is 0 Å².